The van der Waals surface area contributed by atoms with Gasteiger partial charge in [0.2, 0.25) is 0 Å². The average Bonchev–Trinajstić information content (AvgIpc) is 3.99. The van der Waals surface area contributed by atoms with Crippen LogP contribution in [-0.2, 0) is 30.4 Å². The number of non-ortho nitro benzene ring substituents is 1. The summed E-state index contributed by atoms with van der Waals surface area (Å²) in [6.07, 6.45) is 0. The number of imidazole rings is 1. The van der Waals surface area contributed by atoms with Crippen LogP contribution in [0, 0.1) is 10.1 Å². The summed E-state index contributed by atoms with van der Waals surface area (Å²) in [7, 11) is -14.9. The minimum Gasteiger partial charge on any atom is -0.505 e. The number of carboxylic acids is 1. The van der Waals surface area contributed by atoms with Gasteiger partial charge < -0.3 is 34.9 Å². The summed E-state index contributed by atoms with van der Waals surface area (Å²) in [6.45, 7) is -1.88. The predicted octanol–water partition coefficient (Wildman–Crippen LogP) is 6.90. The maximum Gasteiger partial charge on any atom is 0.356 e. The molecular formula is C43H33N11O19S3. The molecule has 0 aliphatic carbocycles. The molecule has 33 heteroatoms. The predicted molar refractivity (Wildman–Crippen MR) is 261 cm³/mol. The Morgan fingerprint density at radius 1 is 0.684 bits per heavy atom. The van der Waals surface area contributed by atoms with Gasteiger partial charge in [-0.2, -0.15) is 30.4 Å². The highest BCUT2D eigenvalue weighted by molar-refractivity contribution is 7.86. The Labute approximate surface area is 424 Å². The van der Waals surface area contributed by atoms with Crippen LogP contribution in [0.4, 0.5) is 39.8 Å². The van der Waals surface area contributed by atoms with Gasteiger partial charge in [0.25, 0.3) is 41.6 Å². The summed E-state index contributed by atoms with van der Waals surface area (Å²) in [5.74, 6) is -2.68. The van der Waals surface area contributed by atoms with E-state index in [1.54, 1.807) is 0 Å². The van der Waals surface area contributed by atoms with Crippen molar-refractivity contribution in [1.82, 2.24) is 19.7 Å². The second kappa shape index (κ2) is 21.0. The van der Waals surface area contributed by atoms with Crippen LogP contribution in [0.25, 0.3) is 38.9 Å². The first-order valence-electron chi connectivity index (χ1n) is 21.1. The van der Waals surface area contributed by atoms with Gasteiger partial charge in [-0.1, -0.05) is 0 Å². The third kappa shape index (κ3) is 11.1. The van der Waals surface area contributed by atoms with Crippen molar-refractivity contribution in [2.75, 3.05) is 26.4 Å². The average molecular weight is 1100 g/mol. The maximum absolute atomic E-state index is 13.2. The number of phenolic OH excluding ortho intramolecular Hbond substituents is 1. The van der Waals surface area contributed by atoms with Crippen LogP contribution in [0.5, 0.6) is 17.2 Å². The Kier molecular flexibility index (Phi) is 14.6. The molecule has 2 heterocycles. The third-order valence-electron chi connectivity index (χ3n) is 10.5. The Morgan fingerprint density at radius 2 is 1.28 bits per heavy atom. The molecule has 0 spiro atoms. The van der Waals surface area contributed by atoms with E-state index < -0.39 is 116 Å². The zero-order valence-electron chi connectivity index (χ0n) is 37.8. The number of benzene rings is 6. The van der Waals surface area contributed by atoms with Crippen molar-refractivity contribution in [3.63, 3.8) is 0 Å². The highest BCUT2D eigenvalue weighted by atomic mass is 32.2. The molecule has 0 aliphatic heterocycles. The highest BCUT2D eigenvalue weighted by Crippen LogP contribution is 2.46. The summed E-state index contributed by atoms with van der Waals surface area (Å²) < 4.78 is 114. The third-order valence-corrected chi connectivity index (χ3v) is 13.2. The van der Waals surface area contributed by atoms with Gasteiger partial charge in [0.1, 0.15) is 63.1 Å². The molecule has 392 valence electrons. The Morgan fingerprint density at radius 3 is 1.84 bits per heavy atom. The van der Waals surface area contributed by atoms with E-state index >= 15 is 0 Å². The lowest BCUT2D eigenvalue weighted by Crippen LogP contribution is -2.14. The molecule has 0 bridgehead atoms. The van der Waals surface area contributed by atoms with E-state index in [0.717, 1.165) is 59.3 Å². The zero-order chi connectivity index (χ0) is 54.9. The van der Waals surface area contributed by atoms with Gasteiger partial charge in [-0.15, -0.1) is 25.6 Å². The first-order chi connectivity index (χ1) is 36.0. The first-order valence-corrected chi connectivity index (χ1v) is 25.4. The summed E-state index contributed by atoms with van der Waals surface area (Å²) in [6, 6.07) is 18.6. The molecular weight excluding hydrogens is 1070 g/mol. The number of aromatic amines is 2. The van der Waals surface area contributed by atoms with Crippen LogP contribution in [0.1, 0.15) is 10.5 Å². The molecule has 2 aromatic heterocycles. The van der Waals surface area contributed by atoms with Gasteiger partial charge in [-0.3, -0.25) is 33.7 Å². The number of carbonyl (C=O) groups is 1. The second-order valence-corrected chi connectivity index (χ2v) is 19.6. The summed E-state index contributed by atoms with van der Waals surface area (Å²) in [4.78, 5) is 40.9. The Balaban J connectivity index is 1.12. The number of phenols is 1. The van der Waals surface area contributed by atoms with Crippen molar-refractivity contribution < 1.29 is 78.5 Å². The number of nitro groups is 1. The molecule has 0 aliphatic rings. The van der Waals surface area contributed by atoms with Crippen molar-refractivity contribution in [1.29, 1.82) is 0 Å². The molecule has 0 atom stereocenters. The number of aromatic nitrogens is 4. The zero-order valence-corrected chi connectivity index (χ0v) is 40.3. The molecule has 30 nitrogen and oxygen atoms in total. The molecule has 8 rings (SSSR count). The number of aliphatic hydroxyl groups is 2. The Bertz CT molecular complexity index is 4160. The fourth-order valence-corrected chi connectivity index (χ4v) is 8.86. The van der Waals surface area contributed by atoms with Crippen molar-refractivity contribution in [2.45, 2.75) is 14.7 Å². The number of hydrogen-bond donors (Lipinski definition) is 9. The van der Waals surface area contributed by atoms with E-state index in [9.17, 15) is 79.0 Å². The number of carboxylic acid groups (broad SMARTS) is 1. The quantitative estimate of drug-likeness (QED) is 0.0172. The van der Waals surface area contributed by atoms with E-state index in [1.807, 2.05) is 0 Å². The fraction of sp³-hybridized carbons (Fsp3) is 0.0930. The first kappa shape index (κ1) is 53.1. The van der Waals surface area contributed by atoms with Gasteiger partial charge in [0, 0.05) is 40.6 Å². The number of rotatable bonds is 19. The molecule has 0 fully saturated rings. The summed E-state index contributed by atoms with van der Waals surface area (Å²) in [5.41, 5.74) is -3.80. The van der Waals surface area contributed by atoms with E-state index in [4.69, 9.17) is 9.47 Å². The lowest BCUT2D eigenvalue weighted by Gasteiger charge is -2.13. The summed E-state index contributed by atoms with van der Waals surface area (Å²) in [5, 5.41) is 77.6. The van der Waals surface area contributed by atoms with Gasteiger partial charge in [0.05, 0.1) is 45.4 Å². The monoisotopic (exact) mass is 1100 g/mol. The summed E-state index contributed by atoms with van der Waals surface area (Å²) >= 11 is 0. The molecule has 0 saturated carbocycles. The normalized spacial score (nSPS) is 12.4. The minimum absolute atomic E-state index is 0.00168. The van der Waals surface area contributed by atoms with Crippen molar-refractivity contribution in [3.8, 4) is 34.3 Å². The largest absolute Gasteiger partial charge is 0.505 e. The van der Waals surface area contributed by atoms with E-state index in [0.29, 0.717) is 17.1 Å². The number of nitrogens with zero attached hydrogens (tertiary/aromatic N) is 9. The number of nitro benzene ring substituents is 1. The second-order valence-electron chi connectivity index (χ2n) is 15.4. The number of ether oxygens (including phenoxy) is 2. The van der Waals surface area contributed by atoms with Gasteiger partial charge in [-0.25, -0.2) is 14.5 Å². The van der Waals surface area contributed by atoms with E-state index in [2.05, 4.69) is 45.8 Å². The lowest BCUT2D eigenvalue weighted by atomic mass is 10.1. The molecule has 6 aromatic carbocycles. The molecule has 0 saturated heterocycles. The maximum atomic E-state index is 13.2. The van der Waals surface area contributed by atoms with Gasteiger partial charge in [0.15, 0.2) is 17.1 Å². The number of nitrogens with one attached hydrogen (secondary N) is 2. The smallest absolute Gasteiger partial charge is 0.356 e. The van der Waals surface area contributed by atoms with Gasteiger partial charge in [-0.05, 0) is 72.8 Å². The number of azo groups is 3. The van der Waals surface area contributed by atoms with Gasteiger partial charge >= 0.3 is 5.97 Å². The molecule has 9 N–H and O–H groups in total. The van der Waals surface area contributed by atoms with Crippen LogP contribution in [0.2, 0.25) is 0 Å². The van der Waals surface area contributed by atoms with Crippen molar-refractivity contribution >= 4 is 97.9 Å². The number of aliphatic hydroxyl groups excluding tert-OH is 2. The number of aromatic carboxylic acids is 1. The van der Waals surface area contributed by atoms with Crippen molar-refractivity contribution in [2.24, 2.45) is 30.7 Å². The van der Waals surface area contributed by atoms with Crippen molar-refractivity contribution in [3.05, 3.63) is 123 Å². The molecule has 8 aromatic rings. The minimum atomic E-state index is -5.23. The highest BCUT2D eigenvalue weighted by Gasteiger charge is 2.26. The molecule has 76 heavy (non-hydrogen) atoms. The molecule has 0 radical (unpaired) electrons. The van der Waals surface area contributed by atoms with Crippen LogP contribution in [-0.4, -0.2) is 116 Å². The molecule has 0 unspecified atom stereocenters. The fourth-order valence-electron chi connectivity index (χ4n) is 7.09. The standard InChI is InChI=1S/C43H33N11O19S3/c55-13-15-72-32-20-31(33(73-16-14-56)19-30(32)48-47-28-11-7-24(54(61)62)17-34(28)75(66,67)68)49-50-37-35(76(69,70)71)18-27-26(40(37)57)10-12-29-36(27)45-41(44-29)21-1-3-22(4-2-21)46-51-38-39(43(59)60)52-53(42(38)58)23-5-8-25(9-6-23)74(63,64)65/h1-12,17-20,52,55-57H,13-16H2,(H,44,45)(H,59,60)(H,63,64,65)(H,66,67,68)(H,69,70,71). The SMILES string of the molecule is O=C(O)c1[nH]n(-c2ccc(S(=O)(=O)O)cc2)c(=O)c1N=Nc1ccc(-c2nc3c(ccc4c(O)c(N=Nc5cc(OCCO)c(N=Nc6ccc([N+](=O)[O-])cc6S(=O)(=O)O)cc5OCCO)c(S(=O)(=O)O)cc43)[nH]2)cc1. The van der Waals surface area contributed by atoms with E-state index in [1.165, 1.54) is 36.4 Å². The topological polar surface area (TPSA) is 463 Å². The van der Waals surface area contributed by atoms with Crippen LogP contribution in [0.3, 0.4) is 0 Å². The lowest BCUT2D eigenvalue weighted by molar-refractivity contribution is -0.385. The number of aromatic hydroxyl groups is 1. The molecule has 0 amide bonds. The van der Waals surface area contributed by atoms with Crippen LogP contribution < -0.4 is 15.0 Å². The number of H-pyrrole nitrogens is 2. The Hall–Kier alpha value is -9.22. The number of fused-ring (bicyclic) bond motifs is 3. The van der Waals surface area contributed by atoms with Crippen LogP contribution >= 0.6 is 0 Å². The number of hydrogen-bond acceptors (Lipinski definition) is 22. The van der Waals surface area contributed by atoms with E-state index in [-0.39, 0.29) is 63.0 Å². The van der Waals surface area contributed by atoms with Crippen LogP contribution in [0.15, 0.2) is 147 Å².